The Balaban J connectivity index is 1.79. The van der Waals surface area contributed by atoms with Crippen molar-refractivity contribution < 1.29 is 14.0 Å². The van der Waals surface area contributed by atoms with Crippen LogP contribution < -0.4 is 11.1 Å². The molecular weight excluding hydrogens is 314 g/mol. The number of thioether (sulfide) groups is 1. The lowest BCUT2D eigenvalue weighted by molar-refractivity contribution is -0.113. The maximum Gasteiger partial charge on any atom is 0.286 e. The van der Waals surface area contributed by atoms with E-state index >= 15 is 0 Å². The third-order valence-corrected chi connectivity index (χ3v) is 4.02. The minimum atomic E-state index is -0.728. The lowest BCUT2D eigenvalue weighted by Crippen LogP contribution is -2.18. The number of carbonyl (C=O) groups is 2. The quantitative estimate of drug-likeness (QED) is 0.702. The van der Waals surface area contributed by atoms with Gasteiger partial charge in [0.15, 0.2) is 0 Å². The van der Waals surface area contributed by atoms with Gasteiger partial charge in [0.25, 0.3) is 5.91 Å². The Labute approximate surface area is 136 Å². The van der Waals surface area contributed by atoms with E-state index in [4.69, 9.17) is 10.2 Å². The summed E-state index contributed by atoms with van der Waals surface area (Å²) in [6.45, 7) is 0. The molecule has 0 fully saturated rings. The van der Waals surface area contributed by atoms with Crippen molar-refractivity contribution in [1.82, 2.24) is 4.98 Å². The van der Waals surface area contributed by atoms with E-state index in [2.05, 4.69) is 10.3 Å². The highest BCUT2D eigenvalue weighted by atomic mass is 32.2. The van der Waals surface area contributed by atoms with Crippen LogP contribution in [0.15, 0.2) is 58.1 Å². The number of benzene rings is 1. The Hall–Kier alpha value is -2.80. The first kappa shape index (κ1) is 15.1. The van der Waals surface area contributed by atoms with Crippen LogP contribution in [0.2, 0.25) is 0 Å². The van der Waals surface area contributed by atoms with Crippen LogP contribution in [0.3, 0.4) is 0 Å². The summed E-state index contributed by atoms with van der Waals surface area (Å²) in [6.07, 6.45) is 1.66. The molecule has 3 rings (SSSR count). The van der Waals surface area contributed by atoms with Crippen LogP contribution in [0.5, 0.6) is 0 Å². The highest BCUT2D eigenvalue weighted by molar-refractivity contribution is 7.99. The van der Waals surface area contributed by atoms with E-state index in [1.54, 1.807) is 36.5 Å². The number of anilines is 1. The molecule has 0 saturated heterocycles. The van der Waals surface area contributed by atoms with Crippen LogP contribution >= 0.6 is 11.8 Å². The summed E-state index contributed by atoms with van der Waals surface area (Å²) in [5, 5.41) is 4.08. The van der Waals surface area contributed by atoms with E-state index in [9.17, 15) is 9.59 Å². The van der Waals surface area contributed by atoms with Gasteiger partial charge in [0.05, 0.1) is 10.8 Å². The Morgan fingerprint density at radius 1 is 1.17 bits per heavy atom. The molecule has 0 unspecified atom stereocenters. The molecule has 6 nitrogen and oxygen atoms in total. The molecular formula is C16H13N3O3S. The number of carbonyl (C=O) groups excluding carboxylic acids is 2. The predicted molar refractivity (Wildman–Crippen MR) is 88.3 cm³/mol. The fourth-order valence-corrected chi connectivity index (χ4v) is 2.75. The molecule has 1 aromatic carbocycles. The highest BCUT2D eigenvalue weighted by Gasteiger charge is 2.20. The molecule has 0 radical (unpaired) electrons. The average molecular weight is 327 g/mol. The topological polar surface area (TPSA) is 98.2 Å². The van der Waals surface area contributed by atoms with Gasteiger partial charge in [-0.2, -0.15) is 0 Å². The summed E-state index contributed by atoms with van der Waals surface area (Å²) in [6, 6.07) is 12.5. The summed E-state index contributed by atoms with van der Waals surface area (Å²) in [5.41, 5.74) is 6.12. The van der Waals surface area contributed by atoms with E-state index in [0.29, 0.717) is 16.7 Å². The summed E-state index contributed by atoms with van der Waals surface area (Å²) in [4.78, 5) is 27.8. The molecule has 0 bridgehead atoms. The van der Waals surface area contributed by atoms with Crippen LogP contribution in [0, 0.1) is 0 Å². The Morgan fingerprint density at radius 2 is 1.96 bits per heavy atom. The van der Waals surface area contributed by atoms with Gasteiger partial charge in [-0.05, 0) is 24.3 Å². The van der Waals surface area contributed by atoms with Gasteiger partial charge in [0.1, 0.15) is 11.3 Å². The molecule has 0 atom stereocenters. The van der Waals surface area contributed by atoms with Gasteiger partial charge in [0, 0.05) is 11.6 Å². The number of furan rings is 1. The van der Waals surface area contributed by atoms with Gasteiger partial charge in [-0.3, -0.25) is 9.59 Å². The van der Waals surface area contributed by atoms with Gasteiger partial charge in [0.2, 0.25) is 11.7 Å². The second kappa shape index (κ2) is 6.53. The van der Waals surface area contributed by atoms with Crippen molar-refractivity contribution in [3.63, 3.8) is 0 Å². The predicted octanol–water partition coefficient (Wildman–Crippen LogP) is 2.66. The first-order valence-corrected chi connectivity index (χ1v) is 7.78. The Morgan fingerprint density at radius 3 is 2.70 bits per heavy atom. The van der Waals surface area contributed by atoms with Gasteiger partial charge in [-0.15, -0.1) is 0 Å². The van der Waals surface area contributed by atoms with E-state index in [-0.39, 0.29) is 17.4 Å². The number of para-hydroxylation sites is 1. The average Bonchev–Trinajstić information content (AvgIpc) is 2.93. The first-order valence-electron chi connectivity index (χ1n) is 6.80. The van der Waals surface area contributed by atoms with Crippen molar-refractivity contribution in [1.29, 1.82) is 0 Å². The van der Waals surface area contributed by atoms with Crippen LogP contribution in [0.25, 0.3) is 11.0 Å². The third kappa shape index (κ3) is 3.35. The second-order valence-electron chi connectivity index (χ2n) is 4.67. The molecule has 0 aliphatic rings. The lowest BCUT2D eigenvalue weighted by atomic mass is 10.2. The Bertz CT molecular complexity index is 861. The maximum absolute atomic E-state index is 12.1. The largest absolute Gasteiger partial charge is 0.449 e. The van der Waals surface area contributed by atoms with Crippen molar-refractivity contribution >= 4 is 40.2 Å². The number of fused-ring (bicyclic) bond motifs is 1. The standard InChI is InChI=1S/C16H13N3O3S/c17-16(21)15-14(10-5-1-2-6-11(10)22-15)19-12(20)9-23-13-7-3-4-8-18-13/h1-8H,9H2,(H2,17,21)(H,19,20). The van der Waals surface area contributed by atoms with Crippen molar-refractivity contribution in [2.45, 2.75) is 5.03 Å². The molecule has 0 aliphatic heterocycles. The minimum Gasteiger partial charge on any atom is -0.449 e. The summed E-state index contributed by atoms with van der Waals surface area (Å²) in [5.74, 6) is -0.889. The second-order valence-corrected chi connectivity index (χ2v) is 5.67. The monoisotopic (exact) mass is 327 g/mol. The number of hydrogen-bond acceptors (Lipinski definition) is 5. The zero-order chi connectivity index (χ0) is 16.2. The maximum atomic E-state index is 12.1. The molecule has 0 saturated carbocycles. The molecule has 2 heterocycles. The molecule has 2 aromatic heterocycles. The fraction of sp³-hybridized carbons (Fsp3) is 0.0625. The third-order valence-electron chi connectivity index (χ3n) is 3.07. The normalized spacial score (nSPS) is 10.6. The molecule has 23 heavy (non-hydrogen) atoms. The molecule has 0 aliphatic carbocycles. The van der Waals surface area contributed by atoms with Crippen molar-refractivity contribution in [3.8, 4) is 0 Å². The Kier molecular flexibility index (Phi) is 4.29. The number of hydrogen-bond donors (Lipinski definition) is 2. The number of nitrogens with zero attached hydrogens (tertiary/aromatic N) is 1. The van der Waals surface area contributed by atoms with E-state index < -0.39 is 5.91 Å². The zero-order valence-electron chi connectivity index (χ0n) is 12.0. The minimum absolute atomic E-state index is 0.0533. The van der Waals surface area contributed by atoms with Crippen molar-refractivity contribution in [2.75, 3.05) is 11.1 Å². The highest BCUT2D eigenvalue weighted by Crippen LogP contribution is 2.30. The smallest absolute Gasteiger partial charge is 0.286 e. The van der Waals surface area contributed by atoms with Crippen LogP contribution in [0.4, 0.5) is 5.69 Å². The summed E-state index contributed by atoms with van der Waals surface area (Å²) < 4.78 is 5.42. The number of pyridine rings is 1. The van der Waals surface area contributed by atoms with Gasteiger partial charge in [-0.1, -0.05) is 30.0 Å². The molecule has 3 N–H and O–H groups in total. The lowest BCUT2D eigenvalue weighted by Gasteiger charge is -2.04. The number of nitrogens with two attached hydrogens (primary N) is 1. The van der Waals surface area contributed by atoms with Crippen molar-refractivity contribution in [3.05, 3.63) is 54.4 Å². The van der Waals surface area contributed by atoms with Crippen LogP contribution in [-0.4, -0.2) is 22.6 Å². The fourth-order valence-electron chi connectivity index (χ4n) is 2.09. The van der Waals surface area contributed by atoms with E-state index in [1.165, 1.54) is 11.8 Å². The molecule has 116 valence electrons. The number of rotatable bonds is 5. The van der Waals surface area contributed by atoms with Gasteiger partial charge >= 0.3 is 0 Å². The van der Waals surface area contributed by atoms with Crippen molar-refractivity contribution in [2.24, 2.45) is 5.73 Å². The molecule has 7 heteroatoms. The van der Waals surface area contributed by atoms with Gasteiger partial charge in [-0.25, -0.2) is 4.98 Å². The SMILES string of the molecule is NC(=O)c1oc2ccccc2c1NC(=O)CSc1ccccn1. The zero-order valence-corrected chi connectivity index (χ0v) is 12.8. The number of amides is 2. The van der Waals surface area contributed by atoms with Gasteiger partial charge < -0.3 is 15.5 Å². The molecule has 2 amide bonds. The molecule has 3 aromatic rings. The number of primary amides is 1. The van der Waals surface area contributed by atoms with Crippen LogP contribution in [-0.2, 0) is 4.79 Å². The van der Waals surface area contributed by atoms with E-state index in [0.717, 1.165) is 5.03 Å². The van der Waals surface area contributed by atoms with Crippen LogP contribution in [0.1, 0.15) is 10.6 Å². The first-order chi connectivity index (χ1) is 11.1. The van der Waals surface area contributed by atoms with E-state index in [1.807, 2.05) is 12.1 Å². The summed E-state index contributed by atoms with van der Waals surface area (Å²) in [7, 11) is 0. The number of aromatic nitrogens is 1. The molecule has 0 spiro atoms. The number of nitrogens with one attached hydrogen (secondary N) is 1. The summed E-state index contributed by atoms with van der Waals surface area (Å²) >= 11 is 1.30.